The summed E-state index contributed by atoms with van der Waals surface area (Å²) in [5.74, 6) is -0.708. The first kappa shape index (κ1) is 70.3. The van der Waals surface area contributed by atoms with E-state index in [0.717, 1.165) is 44.9 Å². The summed E-state index contributed by atoms with van der Waals surface area (Å²) in [6.07, 6.45) is 53.5. The van der Waals surface area contributed by atoms with Crippen molar-refractivity contribution in [1.29, 1.82) is 0 Å². The van der Waals surface area contributed by atoms with Crippen molar-refractivity contribution in [3.63, 3.8) is 0 Å². The largest absolute Gasteiger partial charge is 0.394 e. The number of carbonyl (C=O) groups is 1. The molecule has 436 valence electrons. The number of amides is 1. The van der Waals surface area contributed by atoms with Crippen molar-refractivity contribution in [2.75, 3.05) is 13.2 Å². The normalized spacial score (nSPS) is 20.0. The van der Waals surface area contributed by atoms with Gasteiger partial charge in [-0.1, -0.05) is 262 Å². The molecule has 0 aliphatic carbocycles. The first-order valence-corrected chi connectivity index (χ1v) is 31.4. The van der Waals surface area contributed by atoms with Gasteiger partial charge in [0.25, 0.3) is 0 Å². The zero-order valence-corrected chi connectivity index (χ0v) is 47.8. The van der Waals surface area contributed by atoms with Crippen molar-refractivity contribution in [3.05, 3.63) is 36.5 Å². The fourth-order valence-electron chi connectivity index (χ4n) is 10.1. The van der Waals surface area contributed by atoms with Gasteiger partial charge in [0.15, 0.2) is 6.29 Å². The Labute approximate surface area is 454 Å². The molecule has 0 aromatic carbocycles. The molecule has 0 bridgehead atoms. The Balaban J connectivity index is 2.29. The van der Waals surface area contributed by atoms with E-state index in [1.807, 2.05) is 0 Å². The number of allylic oxidation sites excluding steroid dienone is 6. The third-order valence-electron chi connectivity index (χ3n) is 15.2. The van der Waals surface area contributed by atoms with Gasteiger partial charge in [-0.05, 0) is 64.2 Å². The van der Waals surface area contributed by atoms with E-state index in [4.69, 9.17) is 9.47 Å². The van der Waals surface area contributed by atoms with Gasteiger partial charge in [0.05, 0.1) is 25.4 Å². The number of ether oxygens (including phenoxy) is 2. The highest BCUT2D eigenvalue weighted by Crippen LogP contribution is 2.23. The van der Waals surface area contributed by atoms with Gasteiger partial charge < -0.3 is 50.5 Å². The van der Waals surface area contributed by atoms with Crippen LogP contribution in [0.4, 0.5) is 0 Å². The van der Waals surface area contributed by atoms with E-state index in [1.165, 1.54) is 199 Å². The highest BCUT2D eigenvalue weighted by molar-refractivity contribution is 5.80. The fraction of sp³-hybridized carbons (Fsp3) is 0.889. The molecule has 11 nitrogen and oxygen atoms in total. The van der Waals surface area contributed by atoms with Gasteiger partial charge in [-0.3, -0.25) is 4.79 Å². The molecule has 0 spiro atoms. The monoisotopic (exact) mass is 1050 g/mol. The standard InChI is InChI=1S/C63H119NO10/c1-3-5-7-9-11-13-15-17-19-21-23-25-26-27-28-29-31-33-35-37-39-41-43-45-47-49-51-56(67)62(72)64-54(53-73-63-61(71)60(70)59(69)57(52-65)74-63)58(68)55(66)50-48-46-44-42-40-38-36-34-32-30-24-22-20-18-16-14-12-10-8-6-4-2/h22,24,34,36,42,44,54-61,63,65-71H,3-21,23,25-33,35,37-41,43,45-53H2,1-2H3,(H,64,72)/b24-22+,36-34+,44-42+. The third-order valence-corrected chi connectivity index (χ3v) is 15.2. The minimum Gasteiger partial charge on any atom is -0.394 e. The molecule has 1 aliphatic heterocycles. The number of aliphatic hydroxyl groups is 7. The van der Waals surface area contributed by atoms with E-state index in [2.05, 4.69) is 55.6 Å². The SMILES string of the molecule is CCCCCCCCCC/C=C/CC/C=C/CC/C=C/CCCC(O)C(O)C(COC1OC(CO)C(O)C(O)C1O)NC(=O)C(O)CCCCCCCCCCCCCCCCCCCCCCCCCCCC. The van der Waals surface area contributed by atoms with E-state index in [9.17, 15) is 40.5 Å². The second-order valence-electron chi connectivity index (χ2n) is 22.1. The highest BCUT2D eigenvalue weighted by Gasteiger charge is 2.44. The number of nitrogens with one attached hydrogen (secondary N) is 1. The number of carbonyl (C=O) groups excluding carboxylic acids is 1. The average Bonchev–Trinajstić information content (AvgIpc) is 3.40. The second-order valence-corrected chi connectivity index (χ2v) is 22.1. The number of hydrogen-bond donors (Lipinski definition) is 8. The molecule has 1 aliphatic rings. The lowest BCUT2D eigenvalue weighted by Gasteiger charge is -2.40. The Morgan fingerprint density at radius 2 is 0.811 bits per heavy atom. The molecule has 0 aromatic rings. The number of rotatable bonds is 54. The van der Waals surface area contributed by atoms with Gasteiger partial charge in [0.1, 0.15) is 36.6 Å². The molecular weight excluding hydrogens is 931 g/mol. The summed E-state index contributed by atoms with van der Waals surface area (Å²) in [6, 6.07) is -1.19. The molecular formula is C63H119NO10. The maximum atomic E-state index is 13.2. The van der Waals surface area contributed by atoms with E-state index in [0.29, 0.717) is 19.3 Å². The van der Waals surface area contributed by atoms with Crippen molar-refractivity contribution in [2.45, 2.75) is 345 Å². The summed E-state index contributed by atoms with van der Waals surface area (Å²) < 4.78 is 11.1. The summed E-state index contributed by atoms with van der Waals surface area (Å²) in [7, 11) is 0. The first-order valence-electron chi connectivity index (χ1n) is 31.4. The molecule has 74 heavy (non-hydrogen) atoms. The van der Waals surface area contributed by atoms with Crippen LogP contribution in [0.2, 0.25) is 0 Å². The summed E-state index contributed by atoms with van der Waals surface area (Å²) in [5, 5.41) is 76.2. The van der Waals surface area contributed by atoms with Gasteiger partial charge in [0.2, 0.25) is 5.91 Å². The van der Waals surface area contributed by atoms with Gasteiger partial charge in [-0.25, -0.2) is 0 Å². The van der Waals surface area contributed by atoms with Crippen molar-refractivity contribution in [1.82, 2.24) is 5.32 Å². The third kappa shape index (κ3) is 39.7. The highest BCUT2D eigenvalue weighted by atomic mass is 16.7. The topological polar surface area (TPSA) is 189 Å². The van der Waals surface area contributed by atoms with Crippen LogP contribution in [0.1, 0.15) is 290 Å². The molecule has 0 aromatic heterocycles. The summed E-state index contributed by atoms with van der Waals surface area (Å²) in [6.45, 7) is 3.47. The molecule has 8 N–H and O–H groups in total. The Bertz CT molecular complexity index is 1300. The maximum absolute atomic E-state index is 13.2. The molecule has 1 rings (SSSR count). The minimum atomic E-state index is -1.67. The van der Waals surface area contributed by atoms with Crippen LogP contribution in [0, 0.1) is 0 Å². The Morgan fingerprint density at radius 3 is 1.20 bits per heavy atom. The van der Waals surface area contributed by atoms with Crippen LogP contribution in [0.25, 0.3) is 0 Å². The fourth-order valence-corrected chi connectivity index (χ4v) is 10.1. The van der Waals surface area contributed by atoms with Crippen LogP contribution >= 0.6 is 0 Å². The smallest absolute Gasteiger partial charge is 0.249 e. The first-order chi connectivity index (χ1) is 36.2. The molecule has 0 radical (unpaired) electrons. The van der Waals surface area contributed by atoms with Gasteiger partial charge in [0, 0.05) is 0 Å². The van der Waals surface area contributed by atoms with Crippen molar-refractivity contribution in [2.24, 2.45) is 0 Å². The predicted octanol–water partition coefficient (Wildman–Crippen LogP) is 13.9. The van der Waals surface area contributed by atoms with Crippen LogP contribution in [-0.2, 0) is 14.3 Å². The van der Waals surface area contributed by atoms with Crippen molar-refractivity contribution >= 4 is 5.91 Å². The van der Waals surface area contributed by atoms with Gasteiger partial charge >= 0.3 is 0 Å². The number of hydrogen-bond acceptors (Lipinski definition) is 10. The molecule has 1 saturated heterocycles. The van der Waals surface area contributed by atoms with Gasteiger partial charge in [-0.2, -0.15) is 0 Å². The summed E-state index contributed by atoms with van der Waals surface area (Å²) in [5.41, 5.74) is 0. The molecule has 9 unspecified atom stereocenters. The van der Waals surface area contributed by atoms with Crippen molar-refractivity contribution in [3.8, 4) is 0 Å². The van der Waals surface area contributed by atoms with E-state index >= 15 is 0 Å². The number of aliphatic hydroxyl groups excluding tert-OH is 7. The molecule has 1 heterocycles. The molecule has 1 fully saturated rings. The van der Waals surface area contributed by atoms with Crippen LogP contribution < -0.4 is 5.32 Å². The molecule has 1 amide bonds. The zero-order valence-electron chi connectivity index (χ0n) is 47.8. The lowest BCUT2D eigenvalue weighted by atomic mass is 9.98. The Hall–Kier alpha value is -1.67. The molecule has 9 atom stereocenters. The zero-order chi connectivity index (χ0) is 54.0. The van der Waals surface area contributed by atoms with E-state index in [-0.39, 0.29) is 12.8 Å². The summed E-state index contributed by atoms with van der Waals surface area (Å²) >= 11 is 0. The van der Waals surface area contributed by atoms with Crippen LogP contribution in [0.3, 0.4) is 0 Å². The van der Waals surface area contributed by atoms with Crippen LogP contribution in [0.5, 0.6) is 0 Å². The van der Waals surface area contributed by atoms with E-state index < -0.39 is 74.2 Å². The summed E-state index contributed by atoms with van der Waals surface area (Å²) in [4.78, 5) is 13.2. The average molecular weight is 1050 g/mol. The molecule has 11 heteroatoms. The predicted molar refractivity (Wildman–Crippen MR) is 307 cm³/mol. The van der Waals surface area contributed by atoms with Gasteiger partial charge in [-0.15, -0.1) is 0 Å². The lowest BCUT2D eigenvalue weighted by Crippen LogP contribution is -2.60. The Kier molecular flexibility index (Phi) is 49.5. The maximum Gasteiger partial charge on any atom is 0.249 e. The van der Waals surface area contributed by atoms with Crippen molar-refractivity contribution < 1.29 is 50.0 Å². The van der Waals surface area contributed by atoms with Crippen LogP contribution in [0.15, 0.2) is 36.5 Å². The molecule has 0 saturated carbocycles. The Morgan fingerprint density at radius 1 is 0.459 bits per heavy atom. The quantitative estimate of drug-likeness (QED) is 0.0215. The minimum absolute atomic E-state index is 0.243. The lowest BCUT2D eigenvalue weighted by molar-refractivity contribution is -0.303. The van der Waals surface area contributed by atoms with E-state index in [1.54, 1.807) is 0 Å². The second kappa shape index (κ2) is 52.1. The number of unbranched alkanes of at least 4 members (excludes halogenated alkanes) is 36. The van der Waals surface area contributed by atoms with Crippen LogP contribution in [-0.4, -0.2) is 110 Å².